The van der Waals surface area contributed by atoms with E-state index in [9.17, 15) is 4.79 Å². The van der Waals surface area contributed by atoms with Gasteiger partial charge in [-0.2, -0.15) is 0 Å². The number of aromatic nitrogens is 2. The summed E-state index contributed by atoms with van der Waals surface area (Å²) < 4.78 is 10.1. The quantitative estimate of drug-likeness (QED) is 0.693. The molecule has 7 nitrogen and oxygen atoms in total. The molecule has 3 heterocycles. The number of nitrogens with zero attached hydrogens (tertiary/aromatic N) is 4. The fourth-order valence-electron chi connectivity index (χ4n) is 4.03. The number of likely N-dealkylation sites (tertiary alicyclic amines) is 2. The number of rotatable bonds is 7. The topological polar surface area (TPSA) is 67.8 Å². The Bertz CT molecular complexity index is 566. The monoisotopic (exact) mass is 348 g/mol. The third-order valence-corrected chi connectivity index (χ3v) is 5.25. The average molecular weight is 348 g/mol. The molecule has 2 aliphatic heterocycles. The van der Waals surface area contributed by atoms with Gasteiger partial charge in [0.1, 0.15) is 0 Å². The lowest BCUT2D eigenvalue weighted by molar-refractivity contribution is -0.141. The molecule has 0 aromatic carbocycles. The van der Waals surface area contributed by atoms with E-state index in [0.29, 0.717) is 36.9 Å². The highest BCUT2D eigenvalue weighted by atomic mass is 16.5. The van der Waals surface area contributed by atoms with Crippen LogP contribution in [0.2, 0.25) is 0 Å². The highest BCUT2D eigenvalue weighted by Crippen LogP contribution is 2.32. The number of ether oxygens (including phenoxy) is 2. The Balaban J connectivity index is 1.56. The van der Waals surface area contributed by atoms with Gasteiger partial charge in [-0.25, -0.2) is 9.97 Å². The molecule has 138 valence electrons. The van der Waals surface area contributed by atoms with Crippen LogP contribution in [-0.2, 0) is 16.1 Å². The predicted molar refractivity (Wildman–Crippen MR) is 93.2 cm³/mol. The SMILES string of the molecule is COCCCN1C(=O)CC[C@H]2CN(Cc3cnc(OC)nc3)CC[C@H]21. The van der Waals surface area contributed by atoms with Crippen molar-refractivity contribution in [2.45, 2.75) is 38.3 Å². The molecule has 2 fully saturated rings. The molecule has 1 aromatic rings. The first-order chi connectivity index (χ1) is 12.2. The second-order valence-electron chi connectivity index (χ2n) is 6.90. The Morgan fingerprint density at radius 3 is 2.76 bits per heavy atom. The highest BCUT2D eigenvalue weighted by molar-refractivity contribution is 5.77. The molecule has 1 amide bonds. The molecule has 0 saturated carbocycles. The summed E-state index contributed by atoms with van der Waals surface area (Å²) in [6, 6.07) is 0.793. The van der Waals surface area contributed by atoms with Gasteiger partial charge in [0, 0.05) is 70.3 Å². The summed E-state index contributed by atoms with van der Waals surface area (Å²) in [7, 11) is 3.28. The van der Waals surface area contributed by atoms with E-state index in [4.69, 9.17) is 9.47 Å². The number of hydrogen-bond acceptors (Lipinski definition) is 6. The van der Waals surface area contributed by atoms with Gasteiger partial charge in [0.2, 0.25) is 5.91 Å². The van der Waals surface area contributed by atoms with Gasteiger partial charge in [0.15, 0.2) is 0 Å². The number of piperidine rings is 2. The third-order valence-electron chi connectivity index (χ3n) is 5.25. The molecular weight excluding hydrogens is 320 g/mol. The zero-order chi connectivity index (χ0) is 17.6. The summed E-state index contributed by atoms with van der Waals surface area (Å²) in [5.41, 5.74) is 1.10. The fraction of sp³-hybridized carbons (Fsp3) is 0.722. The molecule has 0 N–H and O–H groups in total. The Kier molecular flexibility index (Phi) is 6.20. The number of methoxy groups -OCH3 is 2. The molecule has 2 saturated heterocycles. The summed E-state index contributed by atoms with van der Waals surface area (Å²) in [4.78, 5) is 25.3. The summed E-state index contributed by atoms with van der Waals surface area (Å²) in [6.07, 6.45) is 7.30. The molecule has 0 unspecified atom stereocenters. The lowest BCUT2D eigenvalue weighted by Crippen LogP contribution is -2.56. The first-order valence-electron chi connectivity index (χ1n) is 9.07. The van der Waals surface area contributed by atoms with Crippen LogP contribution in [0.15, 0.2) is 12.4 Å². The average Bonchev–Trinajstić information content (AvgIpc) is 2.64. The van der Waals surface area contributed by atoms with Crippen LogP contribution >= 0.6 is 0 Å². The minimum Gasteiger partial charge on any atom is -0.467 e. The normalized spacial score (nSPS) is 24.2. The van der Waals surface area contributed by atoms with E-state index in [1.807, 2.05) is 12.4 Å². The number of carbonyl (C=O) groups excluding carboxylic acids is 1. The number of carbonyl (C=O) groups is 1. The van der Waals surface area contributed by atoms with Crippen LogP contribution in [0, 0.1) is 5.92 Å². The fourth-order valence-corrected chi connectivity index (χ4v) is 4.03. The molecule has 0 aliphatic carbocycles. The van der Waals surface area contributed by atoms with Crippen LogP contribution in [0.3, 0.4) is 0 Å². The molecular formula is C18H28N4O3. The molecule has 1 aromatic heterocycles. The minimum absolute atomic E-state index is 0.314. The second-order valence-corrected chi connectivity index (χ2v) is 6.90. The first kappa shape index (κ1) is 18.1. The number of fused-ring (bicyclic) bond motifs is 1. The summed E-state index contributed by atoms with van der Waals surface area (Å²) in [6.45, 7) is 4.42. The maximum atomic E-state index is 12.3. The van der Waals surface area contributed by atoms with E-state index in [1.165, 1.54) is 0 Å². The van der Waals surface area contributed by atoms with Gasteiger partial charge in [0.05, 0.1) is 7.11 Å². The summed E-state index contributed by atoms with van der Waals surface area (Å²) in [5, 5.41) is 0. The lowest BCUT2D eigenvalue weighted by Gasteiger charge is -2.47. The lowest BCUT2D eigenvalue weighted by atomic mass is 9.83. The van der Waals surface area contributed by atoms with E-state index >= 15 is 0 Å². The van der Waals surface area contributed by atoms with Crippen LogP contribution in [0.25, 0.3) is 0 Å². The zero-order valence-electron chi connectivity index (χ0n) is 15.2. The molecule has 3 rings (SSSR count). The first-order valence-corrected chi connectivity index (χ1v) is 9.07. The van der Waals surface area contributed by atoms with Crippen LogP contribution in [0.5, 0.6) is 6.01 Å². The maximum Gasteiger partial charge on any atom is 0.316 e. The van der Waals surface area contributed by atoms with Gasteiger partial charge in [-0.05, 0) is 25.2 Å². The van der Waals surface area contributed by atoms with Gasteiger partial charge >= 0.3 is 6.01 Å². The third kappa shape index (κ3) is 4.46. The van der Waals surface area contributed by atoms with Crippen molar-refractivity contribution in [2.24, 2.45) is 5.92 Å². The van der Waals surface area contributed by atoms with Crippen molar-refractivity contribution in [3.63, 3.8) is 0 Å². The van der Waals surface area contributed by atoms with Crippen molar-refractivity contribution in [2.75, 3.05) is 40.5 Å². The zero-order valence-corrected chi connectivity index (χ0v) is 15.2. The van der Waals surface area contributed by atoms with Crippen molar-refractivity contribution in [1.29, 1.82) is 0 Å². The Morgan fingerprint density at radius 1 is 1.24 bits per heavy atom. The molecule has 25 heavy (non-hydrogen) atoms. The van der Waals surface area contributed by atoms with Crippen molar-refractivity contribution in [1.82, 2.24) is 19.8 Å². The molecule has 0 radical (unpaired) electrons. The van der Waals surface area contributed by atoms with Crippen molar-refractivity contribution < 1.29 is 14.3 Å². The van der Waals surface area contributed by atoms with Crippen LogP contribution in [-0.4, -0.2) is 72.2 Å². The molecule has 2 atom stereocenters. The Hall–Kier alpha value is -1.73. The van der Waals surface area contributed by atoms with Crippen molar-refractivity contribution >= 4 is 5.91 Å². The molecule has 0 bridgehead atoms. The number of hydrogen-bond donors (Lipinski definition) is 0. The Labute approximate surface area is 149 Å². The smallest absolute Gasteiger partial charge is 0.316 e. The van der Waals surface area contributed by atoms with E-state index in [1.54, 1.807) is 14.2 Å². The van der Waals surface area contributed by atoms with Gasteiger partial charge in [-0.3, -0.25) is 9.69 Å². The van der Waals surface area contributed by atoms with Crippen molar-refractivity contribution in [3.8, 4) is 6.01 Å². The minimum atomic E-state index is 0.314. The van der Waals surface area contributed by atoms with Crippen LogP contribution in [0.1, 0.15) is 31.2 Å². The Morgan fingerprint density at radius 2 is 2.04 bits per heavy atom. The highest BCUT2D eigenvalue weighted by Gasteiger charge is 2.38. The van der Waals surface area contributed by atoms with Gasteiger partial charge in [-0.15, -0.1) is 0 Å². The second kappa shape index (κ2) is 8.58. The van der Waals surface area contributed by atoms with Gasteiger partial charge in [0.25, 0.3) is 0 Å². The van der Waals surface area contributed by atoms with Crippen molar-refractivity contribution in [3.05, 3.63) is 18.0 Å². The van der Waals surface area contributed by atoms with Crippen LogP contribution in [0.4, 0.5) is 0 Å². The van der Waals surface area contributed by atoms with Gasteiger partial charge < -0.3 is 14.4 Å². The molecule has 2 aliphatic rings. The predicted octanol–water partition coefficient (Wildman–Crippen LogP) is 1.33. The molecule has 7 heteroatoms. The van der Waals surface area contributed by atoms with Gasteiger partial charge in [-0.1, -0.05) is 0 Å². The number of amides is 1. The molecule has 0 spiro atoms. The summed E-state index contributed by atoms with van der Waals surface area (Å²) in [5.74, 6) is 0.877. The van der Waals surface area contributed by atoms with E-state index in [0.717, 1.165) is 51.0 Å². The van der Waals surface area contributed by atoms with E-state index in [-0.39, 0.29) is 0 Å². The largest absolute Gasteiger partial charge is 0.467 e. The van der Waals surface area contributed by atoms with E-state index in [2.05, 4.69) is 19.8 Å². The maximum absolute atomic E-state index is 12.3. The van der Waals surface area contributed by atoms with Crippen LogP contribution < -0.4 is 4.74 Å². The van der Waals surface area contributed by atoms with E-state index < -0.39 is 0 Å². The summed E-state index contributed by atoms with van der Waals surface area (Å²) >= 11 is 0. The standard InChI is InChI=1S/C18H28N4O3/c1-24-9-3-7-22-16-6-8-21(13-15(16)4-5-17(22)23)12-14-10-19-18(25-2)20-11-14/h10-11,15-16H,3-9,12-13H2,1-2H3/t15-,16+/m0/s1.